The van der Waals surface area contributed by atoms with Crippen LogP contribution >= 0.6 is 0 Å². The number of hydrogen-bond acceptors (Lipinski definition) is 4. The lowest BCUT2D eigenvalue weighted by Gasteiger charge is -2.34. The number of carbonyl (C=O) groups is 2. The van der Waals surface area contributed by atoms with Crippen LogP contribution < -0.4 is 10.2 Å². The summed E-state index contributed by atoms with van der Waals surface area (Å²) in [5.74, 6) is -0.274. The minimum absolute atomic E-state index is 0.137. The minimum atomic E-state index is -0.137. The van der Waals surface area contributed by atoms with Crippen molar-refractivity contribution in [2.75, 3.05) is 31.6 Å². The van der Waals surface area contributed by atoms with Crippen molar-refractivity contribution in [1.29, 1.82) is 0 Å². The predicted molar refractivity (Wildman–Crippen MR) is 85.8 cm³/mol. The second kappa shape index (κ2) is 6.48. The molecule has 2 heterocycles. The Bertz CT molecular complexity index is 549. The normalized spacial score (nSPS) is 23.0. The highest BCUT2D eigenvalue weighted by atomic mass is 16.2. The Morgan fingerprint density at radius 1 is 1.14 bits per heavy atom. The highest BCUT2D eigenvalue weighted by Gasteiger charge is 2.29. The highest BCUT2D eigenvalue weighted by molar-refractivity contribution is 6.02. The summed E-state index contributed by atoms with van der Waals surface area (Å²) < 4.78 is 0. The molecule has 5 nitrogen and oxygen atoms in total. The van der Waals surface area contributed by atoms with Crippen LogP contribution in [0, 0.1) is 0 Å². The number of para-hydroxylation sites is 1. The van der Waals surface area contributed by atoms with Gasteiger partial charge in [-0.15, -0.1) is 0 Å². The molecule has 2 fully saturated rings. The number of nitrogens with zero attached hydrogens (tertiary/aromatic N) is 2. The van der Waals surface area contributed by atoms with Crippen molar-refractivity contribution in [2.45, 2.75) is 31.7 Å². The second-order valence-electron chi connectivity index (χ2n) is 6.18. The maximum Gasteiger partial charge on any atom is 0.248 e. The maximum atomic E-state index is 11.9. The average molecular weight is 301 g/mol. The molecule has 1 N–H and O–H groups in total. The summed E-state index contributed by atoms with van der Waals surface area (Å²) in [6.45, 7) is 1.63. The zero-order chi connectivity index (χ0) is 15.5. The van der Waals surface area contributed by atoms with Crippen LogP contribution in [-0.2, 0) is 16.0 Å². The molecule has 2 saturated heterocycles. The molecule has 0 aromatic heterocycles. The molecule has 2 amide bonds. The van der Waals surface area contributed by atoms with Crippen LogP contribution in [0.5, 0.6) is 0 Å². The summed E-state index contributed by atoms with van der Waals surface area (Å²) in [6, 6.07) is 8.62. The van der Waals surface area contributed by atoms with Crippen molar-refractivity contribution in [2.24, 2.45) is 0 Å². The molecule has 1 aromatic rings. The monoisotopic (exact) mass is 301 g/mol. The number of nitrogens with one attached hydrogen (secondary N) is 1. The molecule has 1 aromatic carbocycles. The molecule has 1 unspecified atom stereocenters. The molecule has 5 heteroatoms. The molecule has 0 radical (unpaired) electrons. The van der Waals surface area contributed by atoms with Gasteiger partial charge in [0.2, 0.25) is 11.8 Å². The average Bonchev–Trinajstić information content (AvgIpc) is 2.54. The van der Waals surface area contributed by atoms with Crippen molar-refractivity contribution >= 4 is 17.5 Å². The quantitative estimate of drug-likeness (QED) is 0.852. The topological polar surface area (TPSA) is 52.7 Å². The first-order valence-electron chi connectivity index (χ1n) is 8.01. The van der Waals surface area contributed by atoms with Gasteiger partial charge in [0.25, 0.3) is 0 Å². The Morgan fingerprint density at radius 2 is 1.86 bits per heavy atom. The van der Waals surface area contributed by atoms with E-state index < -0.39 is 0 Å². The third-order valence-corrected chi connectivity index (χ3v) is 4.61. The van der Waals surface area contributed by atoms with Crippen LogP contribution in [0.1, 0.15) is 24.8 Å². The maximum absolute atomic E-state index is 11.9. The number of piperazine rings is 1. The van der Waals surface area contributed by atoms with Gasteiger partial charge in [0.05, 0.1) is 13.1 Å². The van der Waals surface area contributed by atoms with Crippen molar-refractivity contribution in [3.8, 4) is 0 Å². The minimum Gasteiger partial charge on any atom is -0.353 e. The molecule has 0 spiro atoms. The number of benzene rings is 1. The van der Waals surface area contributed by atoms with E-state index in [-0.39, 0.29) is 24.9 Å². The van der Waals surface area contributed by atoms with Gasteiger partial charge in [-0.1, -0.05) is 24.6 Å². The molecule has 0 bridgehead atoms. The van der Waals surface area contributed by atoms with Gasteiger partial charge in [0, 0.05) is 18.8 Å². The fourth-order valence-electron chi connectivity index (χ4n) is 3.26. The number of likely N-dealkylation sites (N-methyl/N-ethyl adjacent to an activating group) is 1. The van der Waals surface area contributed by atoms with Crippen LogP contribution in [0.4, 0.5) is 5.69 Å². The summed E-state index contributed by atoms with van der Waals surface area (Å²) in [6.07, 6.45) is 4.66. The van der Waals surface area contributed by atoms with Gasteiger partial charge >= 0.3 is 0 Å². The summed E-state index contributed by atoms with van der Waals surface area (Å²) in [4.78, 5) is 27.0. The van der Waals surface area contributed by atoms with Crippen LogP contribution in [0.3, 0.4) is 0 Å². The number of piperidine rings is 1. The molecule has 2 aliphatic heterocycles. The number of rotatable bonds is 3. The van der Waals surface area contributed by atoms with Crippen LogP contribution in [0.25, 0.3) is 0 Å². The van der Waals surface area contributed by atoms with E-state index in [1.54, 1.807) is 7.05 Å². The molecule has 3 rings (SSSR count). The third kappa shape index (κ3) is 3.14. The summed E-state index contributed by atoms with van der Waals surface area (Å²) in [5, 5.41) is 3.56. The van der Waals surface area contributed by atoms with Crippen LogP contribution in [-0.4, -0.2) is 49.4 Å². The molecule has 1 atom stereocenters. The standard InChI is InChI=1S/C17H23N3O2/c1-19-16(21)11-20(12-17(19)22)15-8-3-2-6-13(15)10-14-7-4-5-9-18-14/h2-3,6,8,14,18H,4-5,7,9-12H2,1H3. The SMILES string of the molecule is CN1C(=O)CN(c2ccccc2CC2CCCCN2)CC1=O. The third-order valence-electron chi connectivity index (χ3n) is 4.61. The van der Waals surface area contributed by atoms with Crippen molar-refractivity contribution in [1.82, 2.24) is 10.2 Å². The van der Waals surface area contributed by atoms with Crippen molar-refractivity contribution < 1.29 is 9.59 Å². The molecular formula is C17H23N3O2. The van der Waals surface area contributed by atoms with E-state index in [1.165, 1.54) is 29.7 Å². The molecule has 0 saturated carbocycles. The van der Waals surface area contributed by atoms with Gasteiger partial charge in [-0.2, -0.15) is 0 Å². The lowest BCUT2D eigenvalue weighted by Crippen LogP contribution is -2.52. The number of amides is 2. The molecular weight excluding hydrogens is 278 g/mol. The Hall–Kier alpha value is -1.88. The van der Waals surface area contributed by atoms with Crippen molar-refractivity contribution in [3.63, 3.8) is 0 Å². The number of imide groups is 1. The van der Waals surface area contributed by atoms with Gasteiger partial charge in [-0.3, -0.25) is 14.5 Å². The fraction of sp³-hybridized carbons (Fsp3) is 0.529. The summed E-state index contributed by atoms with van der Waals surface area (Å²) in [5.41, 5.74) is 2.23. The van der Waals surface area contributed by atoms with E-state index in [9.17, 15) is 9.59 Å². The molecule has 2 aliphatic rings. The summed E-state index contributed by atoms with van der Waals surface area (Å²) >= 11 is 0. The van der Waals surface area contributed by atoms with Crippen LogP contribution in [0.2, 0.25) is 0 Å². The Balaban J connectivity index is 1.78. The van der Waals surface area contributed by atoms with Gasteiger partial charge in [-0.25, -0.2) is 0 Å². The smallest absolute Gasteiger partial charge is 0.248 e. The van der Waals surface area contributed by atoms with E-state index in [2.05, 4.69) is 11.4 Å². The first-order chi connectivity index (χ1) is 10.6. The van der Waals surface area contributed by atoms with E-state index in [0.29, 0.717) is 6.04 Å². The van der Waals surface area contributed by atoms with E-state index in [1.807, 2.05) is 23.1 Å². The molecule has 0 aliphatic carbocycles. The zero-order valence-corrected chi connectivity index (χ0v) is 13.0. The largest absolute Gasteiger partial charge is 0.353 e. The zero-order valence-electron chi connectivity index (χ0n) is 13.0. The highest BCUT2D eigenvalue weighted by Crippen LogP contribution is 2.25. The van der Waals surface area contributed by atoms with Crippen molar-refractivity contribution in [3.05, 3.63) is 29.8 Å². The van der Waals surface area contributed by atoms with E-state index >= 15 is 0 Å². The Kier molecular flexibility index (Phi) is 4.43. The van der Waals surface area contributed by atoms with E-state index in [0.717, 1.165) is 18.7 Å². The van der Waals surface area contributed by atoms with Crippen LogP contribution in [0.15, 0.2) is 24.3 Å². The van der Waals surface area contributed by atoms with Gasteiger partial charge < -0.3 is 10.2 Å². The van der Waals surface area contributed by atoms with Gasteiger partial charge in [0.1, 0.15) is 0 Å². The number of carbonyl (C=O) groups excluding carboxylic acids is 2. The summed E-state index contributed by atoms with van der Waals surface area (Å²) in [7, 11) is 1.56. The number of anilines is 1. The predicted octanol–water partition coefficient (Wildman–Crippen LogP) is 1.18. The fourth-order valence-corrected chi connectivity index (χ4v) is 3.26. The second-order valence-corrected chi connectivity index (χ2v) is 6.18. The molecule has 22 heavy (non-hydrogen) atoms. The first kappa shape index (κ1) is 15.0. The van der Waals surface area contributed by atoms with Gasteiger partial charge in [0.15, 0.2) is 0 Å². The lowest BCUT2D eigenvalue weighted by atomic mass is 9.96. The van der Waals surface area contributed by atoms with Gasteiger partial charge in [-0.05, 0) is 37.4 Å². The Morgan fingerprint density at radius 3 is 2.55 bits per heavy atom. The lowest BCUT2D eigenvalue weighted by molar-refractivity contribution is -0.143. The number of hydrogen-bond donors (Lipinski definition) is 1. The Labute approximate surface area is 131 Å². The van der Waals surface area contributed by atoms with E-state index in [4.69, 9.17) is 0 Å². The first-order valence-corrected chi connectivity index (χ1v) is 8.01. The molecule has 118 valence electrons.